The lowest BCUT2D eigenvalue weighted by Crippen LogP contribution is -2.30. The zero-order chi connectivity index (χ0) is 15.6. The van der Waals surface area contributed by atoms with E-state index in [4.69, 9.17) is 11.6 Å². The summed E-state index contributed by atoms with van der Waals surface area (Å²) < 4.78 is 25.8. The molecule has 1 saturated heterocycles. The van der Waals surface area contributed by atoms with Crippen LogP contribution in [0.2, 0.25) is 5.02 Å². The summed E-state index contributed by atoms with van der Waals surface area (Å²) in [6, 6.07) is 1.32. The third-order valence-corrected chi connectivity index (χ3v) is 5.31. The van der Waals surface area contributed by atoms with Gasteiger partial charge in [0.25, 0.3) is 0 Å². The summed E-state index contributed by atoms with van der Waals surface area (Å²) in [5, 5.41) is 22.1. The van der Waals surface area contributed by atoms with Gasteiger partial charge in [0.15, 0.2) is 0 Å². The van der Waals surface area contributed by atoms with Crippen molar-refractivity contribution in [2.75, 3.05) is 25.0 Å². The first-order valence-electron chi connectivity index (χ1n) is 6.62. The van der Waals surface area contributed by atoms with Crippen molar-refractivity contribution in [3.05, 3.63) is 17.3 Å². The average molecular weight is 336 g/mol. The first-order chi connectivity index (χ1) is 9.86. The van der Waals surface area contributed by atoms with E-state index in [9.17, 15) is 18.6 Å². The second-order valence-electron chi connectivity index (χ2n) is 4.88. The molecule has 0 aromatic carbocycles. The third-order valence-electron chi connectivity index (χ3n) is 3.22. The normalized spacial score (nSPS) is 23.4. The van der Waals surface area contributed by atoms with Crippen LogP contribution in [-0.4, -0.2) is 59.8 Å². The van der Waals surface area contributed by atoms with E-state index in [0.717, 1.165) is 10.7 Å². The van der Waals surface area contributed by atoms with Gasteiger partial charge in [-0.3, -0.25) is 0 Å². The van der Waals surface area contributed by atoms with Crippen LogP contribution in [0.15, 0.2) is 17.2 Å². The molecule has 2 unspecified atom stereocenters. The minimum Gasteiger partial charge on any atom is -0.389 e. The van der Waals surface area contributed by atoms with Gasteiger partial charge in [-0.15, -0.1) is 0 Å². The Bertz CT molecular complexity index is 601. The maximum absolute atomic E-state index is 12.4. The Kier molecular flexibility index (Phi) is 5.05. The fourth-order valence-electron chi connectivity index (χ4n) is 2.02. The van der Waals surface area contributed by atoms with Crippen molar-refractivity contribution < 1.29 is 18.6 Å². The SMILES string of the molecule is CCCNc1ncc(S(=O)(=O)N2CC(O)C(O)C2)cc1Cl. The highest BCUT2D eigenvalue weighted by Crippen LogP contribution is 2.26. The van der Waals surface area contributed by atoms with Crippen molar-refractivity contribution in [2.24, 2.45) is 0 Å². The van der Waals surface area contributed by atoms with Crippen molar-refractivity contribution in [3.63, 3.8) is 0 Å². The number of aliphatic hydroxyl groups is 2. The maximum Gasteiger partial charge on any atom is 0.244 e. The van der Waals surface area contributed by atoms with E-state index in [1.165, 1.54) is 12.3 Å². The molecule has 1 aromatic heterocycles. The van der Waals surface area contributed by atoms with Crippen molar-refractivity contribution in [3.8, 4) is 0 Å². The van der Waals surface area contributed by atoms with Crippen LogP contribution in [0, 0.1) is 0 Å². The molecule has 1 aromatic rings. The molecule has 3 N–H and O–H groups in total. The Morgan fingerprint density at radius 2 is 2.05 bits per heavy atom. The molecule has 7 nitrogen and oxygen atoms in total. The number of halogens is 1. The van der Waals surface area contributed by atoms with E-state index in [-0.39, 0.29) is 23.0 Å². The van der Waals surface area contributed by atoms with Crippen LogP contribution in [0.1, 0.15) is 13.3 Å². The van der Waals surface area contributed by atoms with Gasteiger partial charge in [-0.05, 0) is 12.5 Å². The quantitative estimate of drug-likeness (QED) is 0.714. The first kappa shape index (κ1) is 16.4. The highest BCUT2D eigenvalue weighted by Gasteiger charge is 2.37. The number of β-amino-alcohol motifs (C(OH)–C–C–N with tert-alkyl or cyclic N) is 2. The van der Waals surface area contributed by atoms with Crippen molar-refractivity contribution in [2.45, 2.75) is 30.4 Å². The fraction of sp³-hybridized carbons (Fsp3) is 0.583. The molecule has 9 heteroatoms. The van der Waals surface area contributed by atoms with Crippen LogP contribution < -0.4 is 5.32 Å². The topological polar surface area (TPSA) is 103 Å². The lowest BCUT2D eigenvalue weighted by atomic mass is 10.3. The average Bonchev–Trinajstić information content (AvgIpc) is 2.78. The number of aliphatic hydroxyl groups excluding tert-OH is 2. The van der Waals surface area contributed by atoms with E-state index >= 15 is 0 Å². The number of anilines is 1. The molecule has 1 aliphatic heterocycles. The lowest BCUT2D eigenvalue weighted by molar-refractivity contribution is 0.0572. The van der Waals surface area contributed by atoms with Crippen LogP contribution in [0.5, 0.6) is 0 Å². The predicted molar refractivity (Wildman–Crippen MR) is 78.8 cm³/mol. The van der Waals surface area contributed by atoms with Crippen LogP contribution in [-0.2, 0) is 10.0 Å². The highest BCUT2D eigenvalue weighted by atomic mass is 35.5. The van der Waals surface area contributed by atoms with Crippen LogP contribution >= 0.6 is 11.6 Å². The van der Waals surface area contributed by atoms with Gasteiger partial charge >= 0.3 is 0 Å². The second-order valence-corrected chi connectivity index (χ2v) is 7.23. The zero-order valence-electron chi connectivity index (χ0n) is 11.5. The van der Waals surface area contributed by atoms with Crippen molar-refractivity contribution in [1.29, 1.82) is 0 Å². The van der Waals surface area contributed by atoms with E-state index in [0.29, 0.717) is 12.4 Å². The molecule has 0 bridgehead atoms. The number of nitrogens with zero attached hydrogens (tertiary/aromatic N) is 2. The van der Waals surface area contributed by atoms with E-state index in [1.807, 2.05) is 6.92 Å². The van der Waals surface area contributed by atoms with Gasteiger partial charge in [-0.2, -0.15) is 4.31 Å². The fourth-order valence-corrected chi connectivity index (χ4v) is 3.76. The monoisotopic (exact) mass is 335 g/mol. The summed E-state index contributed by atoms with van der Waals surface area (Å²) in [6.45, 7) is 2.39. The van der Waals surface area contributed by atoms with Gasteiger partial charge in [-0.1, -0.05) is 18.5 Å². The molecular formula is C12H18ClN3O4S. The predicted octanol–water partition coefficient (Wildman–Crippen LogP) is 0.283. The van der Waals surface area contributed by atoms with Gasteiger partial charge in [0.05, 0.1) is 17.2 Å². The Labute approximate surface area is 128 Å². The molecule has 1 fully saturated rings. The van der Waals surface area contributed by atoms with E-state index in [2.05, 4.69) is 10.3 Å². The number of aromatic nitrogens is 1. The molecule has 0 amide bonds. The Hall–Kier alpha value is -0.930. The maximum atomic E-state index is 12.4. The summed E-state index contributed by atoms with van der Waals surface area (Å²) in [7, 11) is -3.83. The summed E-state index contributed by atoms with van der Waals surface area (Å²) in [4.78, 5) is 3.96. The van der Waals surface area contributed by atoms with Crippen molar-refractivity contribution >= 4 is 27.4 Å². The summed E-state index contributed by atoms with van der Waals surface area (Å²) in [5.74, 6) is 0.430. The zero-order valence-corrected chi connectivity index (χ0v) is 13.1. The molecule has 2 atom stereocenters. The number of hydrogen-bond acceptors (Lipinski definition) is 6. The first-order valence-corrected chi connectivity index (χ1v) is 8.43. The Balaban J connectivity index is 2.23. The molecule has 2 rings (SSSR count). The van der Waals surface area contributed by atoms with Gasteiger partial charge in [0.1, 0.15) is 10.7 Å². The summed E-state index contributed by atoms with van der Waals surface area (Å²) >= 11 is 6.03. The molecule has 1 aliphatic rings. The third kappa shape index (κ3) is 3.46. The second kappa shape index (κ2) is 6.45. The molecule has 0 radical (unpaired) electrons. The van der Waals surface area contributed by atoms with Crippen molar-refractivity contribution in [1.82, 2.24) is 9.29 Å². The summed E-state index contributed by atoms with van der Waals surface area (Å²) in [6.07, 6.45) is -0.0415. The van der Waals surface area contributed by atoms with E-state index in [1.54, 1.807) is 0 Å². The highest BCUT2D eigenvalue weighted by molar-refractivity contribution is 7.89. The van der Waals surface area contributed by atoms with Gasteiger partial charge in [0.2, 0.25) is 10.0 Å². The lowest BCUT2D eigenvalue weighted by Gasteiger charge is -2.16. The number of sulfonamides is 1. The van der Waals surface area contributed by atoms with Gasteiger partial charge in [-0.25, -0.2) is 13.4 Å². The van der Waals surface area contributed by atoms with Gasteiger partial charge < -0.3 is 15.5 Å². The number of rotatable bonds is 5. The number of pyridine rings is 1. The molecule has 2 heterocycles. The van der Waals surface area contributed by atoms with Crippen LogP contribution in [0.25, 0.3) is 0 Å². The van der Waals surface area contributed by atoms with Crippen LogP contribution in [0.3, 0.4) is 0 Å². The smallest absolute Gasteiger partial charge is 0.244 e. The molecule has 21 heavy (non-hydrogen) atoms. The van der Waals surface area contributed by atoms with Gasteiger partial charge in [0, 0.05) is 25.8 Å². The number of nitrogens with one attached hydrogen (secondary N) is 1. The molecule has 118 valence electrons. The standard InChI is InChI=1S/C12H18ClN3O4S/c1-2-3-14-12-9(13)4-8(5-15-12)21(19,20)16-6-10(17)11(18)7-16/h4-5,10-11,17-18H,2-3,6-7H2,1H3,(H,14,15). The molecule has 0 spiro atoms. The Morgan fingerprint density at radius 3 is 2.57 bits per heavy atom. The minimum atomic E-state index is -3.83. The molecular weight excluding hydrogens is 318 g/mol. The number of hydrogen-bond donors (Lipinski definition) is 3. The molecule has 0 aliphatic carbocycles. The summed E-state index contributed by atoms with van der Waals surface area (Å²) in [5.41, 5.74) is 0. The largest absolute Gasteiger partial charge is 0.389 e. The Morgan fingerprint density at radius 1 is 1.43 bits per heavy atom. The van der Waals surface area contributed by atoms with Crippen LogP contribution in [0.4, 0.5) is 5.82 Å². The van der Waals surface area contributed by atoms with E-state index < -0.39 is 22.2 Å². The molecule has 0 saturated carbocycles. The minimum absolute atomic E-state index is 0.0594.